The topological polar surface area (TPSA) is 91.3 Å². The molecule has 3 aromatic rings. The van der Waals surface area contributed by atoms with Gasteiger partial charge in [-0.3, -0.25) is 9.58 Å². The van der Waals surface area contributed by atoms with E-state index in [1.165, 1.54) is 6.33 Å². The van der Waals surface area contributed by atoms with Gasteiger partial charge >= 0.3 is 0 Å². The molecule has 0 spiro atoms. The first-order valence-corrected chi connectivity index (χ1v) is 8.95. The van der Waals surface area contributed by atoms with Gasteiger partial charge in [0.05, 0.1) is 31.6 Å². The molecule has 1 aliphatic heterocycles. The largest absolute Gasteiger partial charge is 0.439 e. The Morgan fingerprint density at radius 3 is 2.70 bits per heavy atom. The van der Waals surface area contributed by atoms with Crippen LogP contribution in [0.25, 0.3) is 11.3 Å². The Labute approximate surface area is 157 Å². The summed E-state index contributed by atoms with van der Waals surface area (Å²) in [6, 6.07) is 8.99. The highest BCUT2D eigenvalue weighted by molar-refractivity contribution is 5.57. The fourth-order valence-corrected chi connectivity index (χ4v) is 2.90. The first-order valence-electron chi connectivity index (χ1n) is 8.95. The minimum Gasteiger partial charge on any atom is -0.439 e. The summed E-state index contributed by atoms with van der Waals surface area (Å²) in [4.78, 5) is 10.9. The lowest BCUT2D eigenvalue weighted by Crippen LogP contribution is -2.38. The summed E-state index contributed by atoms with van der Waals surface area (Å²) >= 11 is 0. The molecule has 8 heteroatoms. The van der Waals surface area contributed by atoms with Crippen LogP contribution in [0, 0.1) is 0 Å². The quantitative estimate of drug-likeness (QED) is 0.668. The number of aromatic nitrogens is 4. The summed E-state index contributed by atoms with van der Waals surface area (Å²) in [5.41, 5.74) is 8.09. The molecule has 2 N–H and O–H groups in total. The maximum atomic E-state index is 5.78. The Morgan fingerprint density at radius 1 is 1.07 bits per heavy atom. The Bertz CT molecular complexity index is 874. The number of nitrogens with two attached hydrogens (primary N) is 1. The molecule has 27 heavy (non-hydrogen) atoms. The van der Waals surface area contributed by atoms with E-state index < -0.39 is 0 Å². The van der Waals surface area contributed by atoms with Crippen LogP contribution in [0.15, 0.2) is 49.1 Å². The molecule has 2 aromatic heterocycles. The Kier molecular flexibility index (Phi) is 5.27. The van der Waals surface area contributed by atoms with Gasteiger partial charge in [-0.2, -0.15) is 5.10 Å². The van der Waals surface area contributed by atoms with E-state index in [4.69, 9.17) is 15.2 Å². The first kappa shape index (κ1) is 17.4. The molecule has 4 rings (SSSR count). The Balaban J connectivity index is 1.41. The molecular weight excluding hydrogens is 344 g/mol. The van der Waals surface area contributed by atoms with E-state index in [0.717, 1.165) is 50.7 Å². The van der Waals surface area contributed by atoms with Gasteiger partial charge in [-0.15, -0.1) is 0 Å². The zero-order valence-electron chi connectivity index (χ0n) is 15.0. The summed E-state index contributed by atoms with van der Waals surface area (Å²) in [5, 5.41) is 4.44. The maximum Gasteiger partial charge on any atom is 0.222 e. The number of morpholine rings is 1. The van der Waals surface area contributed by atoms with Crippen LogP contribution in [0.5, 0.6) is 11.6 Å². The van der Waals surface area contributed by atoms with Crippen molar-refractivity contribution in [3.63, 3.8) is 0 Å². The predicted octanol–water partition coefficient (Wildman–Crippen LogP) is 2.05. The molecule has 3 heterocycles. The Morgan fingerprint density at radius 2 is 1.89 bits per heavy atom. The molecule has 1 aromatic carbocycles. The summed E-state index contributed by atoms with van der Waals surface area (Å²) in [6.07, 6.45) is 5.30. The molecule has 1 fully saturated rings. The van der Waals surface area contributed by atoms with E-state index in [9.17, 15) is 0 Å². The molecule has 1 aliphatic rings. The normalized spacial score (nSPS) is 15.0. The molecule has 0 bridgehead atoms. The zero-order chi connectivity index (χ0) is 18.5. The van der Waals surface area contributed by atoms with Crippen LogP contribution in [-0.4, -0.2) is 57.5 Å². The van der Waals surface area contributed by atoms with Crippen molar-refractivity contribution in [2.45, 2.75) is 6.54 Å². The van der Waals surface area contributed by atoms with Crippen molar-refractivity contribution >= 4 is 5.69 Å². The van der Waals surface area contributed by atoms with E-state index >= 15 is 0 Å². The lowest BCUT2D eigenvalue weighted by Gasteiger charge is -2.26. The number of benzene rings is 1. The third-order valence-electron chi connectivity index (χ3n) is 4.42. The number of hydrogen-bond donors (Lipinski definition) is 1. The van der Waals surface area contributed by atoms with E-state index in [2.05, 4.69) is 20.0 Å². The van der Waals surface area contributed by atoms with Crippen molar-refractivity contribution in [1.29, 1.82) is 0 Å². The summed E-state index contributed by atoms with van der Waals surface area (Å²) < 4.78 is 13.1. The van der Waals surface area contributed by atoms with E-state index in [1.807, 2.05) is 17.1 Å². The average molecular weight is 366 g/mol. The van der Waals surface area contributed by atoms with Crippen molar-refractivity contribution in [2.75, 3.05) is 38.6 Å². The van der Waals surface area contributed by atoms with Crippen molar-refractivity contribution < 1.29 is 9.47 Å². The van der Waals surface area contributed by atoms with Gasteiger partial charge in [0.1, 0.15) is 12.1 Å². The molecular formula is C19H22N6O2. The van der Waals surface area contributed by atoms with Crippen molar-refractivity contribution in [2.24, 2.45) is 0 Å². The lowest BCUT2D eigenvalue weighted by atomic mass is 10.2. The first-order chi connectivity index (χ1) is 13.3. The molecule has 0 atom stereocenters. The number of rotatable bonds is 6. The molecule has 0 aliphatic carbocycles. The van der Waals surface area contributed by atoms with Crippen molar-refractivity contribution in [3.8, 4) is 22.9 Å². The van der Waals surface area contributed by atoms with Gasteiger partial charge in [-0.1, -0.05) is 0 Å². The van der Waals surface area contributed by atoms with E-state index in [-0.39, 0.29) is 0 Å². The fourth-order valence-electron chi connectivity index (χ4n) is 2.90. The molecule has 0 amide bonds. The van der Waals surface area contributed by atoms with Crippen molar-refractivity contribution in [1.82, 2.24) is 24.6 Å². The summed E-state index contributed by atoms with van der Waals surface area (Å²) in [5.74, 6) is 1.15. The van der Waals surface area contributed by atoms with E-state index in [0.29, 0.717) is 17.3 Å². The van der Waals surface area contributed by atoms with Gasteiger partial charge in [-0.05, 0) is 24.3 Å². The standard InChI is InChI=1S/C19H22N6O2/c20-16-1-3-17(4-2-16)27-19-11-18(21-14-22-19)15-12-23-25(13-15)6-5-24-7-9-26-10-8-24/h1-4,11-14H,5-10,20H2. The van der Waals surface area contributed by atoms with Crippen LogP contribution in [0.1, 0.15) is 0 Å². The fraction of sp³-hybridized carbons (Fsp3) is 0.316. The minimum absolute atomic E-state index is 0.478. The molecule has 8 nitrogen and oxygen atoms in total. The predicted molar refractivity (Wildman–Crippen MR) is 101 cm³/mol. The van der Waals surface area contributed by atoms with Gasteiger partial charge in [0.25, 0.3) is 0 Å². The van der Waals surface area contributed by atoms with Gasteiger partial charge in [0, 0.05) is 43.1 Å². The average Bonchev–Trinajstić information content (AvgIpc) is 3.18. The van der Waals surface area contributed by atoms with Crippen LogP contribution in [0.3, 0.4) is 0 Å². The molecule has 0 saturated carbocycles. The van der Waals surface area contributed by atoms with Gasteiger partial charge in [0.15, 0.2) is 0 Å². The van der Waals surface area contributed by atoms with Gasteiger partial charge < -0.3 is 15.2 Å². The Hall–Kier alpha value is -2.97. The molecule has 140 valence electrons. The third-order valence-corrected chi connectivity index (χ3v) is 4.42. The highest BCUT2D eigenvalue weighted by atomic mass is 16.5. The second-order valence-corrected chi connectivity index (χ2v) is 6.36. The number of nitrogen functional groups attached to an aromatic ring is 1. The second-order valence-electron chi connectivity index (χ2n) is 6.36. The number of nitrogens with zero attached hydrogens (tertiary/aromatic N) is 5. The van der Waals surface area contributed by atoms with Crippen LogP contribution in [-0.2, 0) is 11.3 Å². The zero-order valence-corrected chi connectivity index (χ0v) is 15.0. The van der Waals surface area contributed by atoms with Gasteiger partial charge in [0.2, 0.25) is 5.88 Å². The second kappa shape index (κ2) is 8.15. The smallest absolute Gasteiger partial charge is 0.222 e. The lowest BCUT2D eigenvalue weighted by molar-refractivity contribution is 0.0360. The van der Waals surface area contributed by atoms with Crippen molar-refractivity contribution in [3.05, 3.63) is 49.1 Å². The van der Waals surface area contributed by atoms with Gasteiger partial charge in [-0.25, -0.2) is 9.97 Å². The van der Waals surface area contributed by atoms with Crippen LogP contribution in [0.4, 0.5) is 5.69 Å². The molecule has 0 radical (unpaired) electrons. The van der Waals surface area contributed by atoms with Crippen LogP contribution < -0.4 is 10.5 Å². The number of ether oxygens (including phenoxy) is 2. The minimum atomic E-state index is 0.478. The number of anilines is 1. The maximum absolute atomic E-state index is 5.78. The third kappa shape index (κ3) is 4.60. The number of hydrogen-bond acceptors (Lipinski definition) is 7. The SMILES string of the molecule is Nc1ccc(Oc2cc(-c3cnn(CCN4CCOCC4)c3)ncn2)cc1. The van der Waals surface area contributed by atoms with Crippen LogP contribution in [0.2, 0.25) is 0 Å². The molecule has 0 unspecified atom stereocenters. The van der Waals surface area contributed by atoms with E-state index in [1.54, 1.807) is 30.3 Å². The monoisotopic (exact) mass is 366 g/mol. The molecule has 1 saturated heterocycles. The summed E-state index contributed by atoms with van der Waals surface area (Å²) in [6.45, 7) is 5.36. The highest BCUT2D eigenvalue weighted by Gasteiger charge is 2.11. The van der Waals surface area contributed by atoms with Crippen LogP contribution >= 0.6 is 0 Å². The highest BCUT2D eigenvalue weighted by Crippen LogP contribution is 2.24. The summed E-state index contributed by atoms with van der Waals surface area (Å²) in [7, 11) is 0.